The Kier molecular flexibility index (Phi) is 3.58. The van der Waals surface area contributed by atoms with Crippen LogP contribution < -0.4 is 5.32 Å². The highest BCUT2D eigenvalue weighted by molar-refractivity contribution is 6.06. The van der Waals surface area contributed by atoms with Crippen LogP contribution in [0, 0.1) is 0 Å². The molecule has 3 atom stereocenters. The van der Waals surface area contributed by atoms with Gasteiger partial charge < -0.3 is 4.74 Å². The molecule has 3 rings (SSSR count). The Bertz CT molecular complexity index is 419. The molecular weight excluding hydrogens is 256 g/mol. The fourth-order valence-corrected chi connectivity index (χ4v) is 3.73. The van der Waals surface area contributed by atoms with Crippen molar-refractivity contribution in [2.45, 2.75) is 76.1 Å². The lowest BCUT2D eigenvalue weighted by atomic mass is 9.93. The molecule has 112 valence electrons. The second kappa shape index (κ2) is 5.11. The predicted molar refractivity (Wildman–Crippen MR) is 74.1 cm³/mol. The number of amides is 2. The van der Waals surface area contributed by atoms with Crippen molar-refractivity contribution in [2.75, 3.05) is 6.61 Å². The number of hydrogen-bond acceptors (Lipinski definition) is 4. The van der Waals surface area contributed by atoms with Crippen LogP contribution in [0.3, 0.4) is 0 Å². The molecule has 20 heavy (non-hydrogen) atoms. The average molecular weight is 280 g/mol. The van der Waals surface area contributed by atoms with E-state index in [9.17, 15) is 9.59 Å². The molecule has 3 aliphatic rings. The summed E-state index contributed by atoms with van der Waals surface area (Å²) in [6, 6.07) is -0.218. The molecule has 3 fully saturated rings. The Morgan fingerprint density at radius 1 is 1.30 bits per heavy atom. The lowest BCUT2D eigenvalue weighted by Gasteiger charge is -2.32. The first kappa shape index (κ1) is 14.0. The van der Waals surface area contributed by atoms with Crippen LogP contribution in [-0.2, 0) is 14.3 Å². The van der Waals surface area contributed by atoms with E-state index in [1.807, 2.05) is 6.92 Å². The molecule has 2 heterocycles. The van der Waals surface area contributed by atoms with Gasteiger partial charge in [-0.25, -0.2) is 0 Å². The van der Waals surface area contributed by atoms with E-state index in [0.29, 0.717) is 13.0 Å². The maximum atomic E-state index is 12.5. The summed E-state index contributed by atoms with van der Waals surface area (Å²) in [5.74, 6) is -0.0307. The molecule has 0 aromatic heterocycles. The third kappa shape index (κ3) is 2.27. The van der Waals surface area contributed by atoms with E-state index in [0.717, 1.165) is 32.1 Å². The molecule has 1 aliphatic carbocycles. The molecule has 3 unspecified atom stereocenters. The van der Waals surface area contributed by atoms with Crippen molar-refractivity contribution in [1.29, 1.82) is 0 Å². The maximum Gasteiger partial charge on any atom is 0.247 e. The molecule has 5 nitrogen and oxygen atoms in total. The van der Waals surface area contributed by atoms with Crippen LogP contribution in [0.2, 0.25) is 0 Å². The third-order valence-electron chi connectivity index (χ3n) is 5.26. The maximum absolute atomic E-state index is 12.5. The smallest absolute Gasteiger partial charge is 0.247 e. The van der Waals surface area contributed by atoms with Crippen LogP contribution in [-0.4, -0.2) is 47.0 Å². The van der Waals surface area contributed by atoms with Crippen LogP contribution in [0.4, 0.5) is 0 Å². The number of imide groups is 1. The Morgan fingerprint density at radius 2 is 2.00 bits per heavy atom. The SMILES string of the molecule is CC1OCCC1(C)NC1CC(=O)N(C2CCCC2)C1=O. The van der Waals surface area contributed by atoms with Gasteiger partial charge in [0, 0.05) is 18.2 Å². The van der Waals surface area contributed by atoms with E-state index in [1.165, 1.54) is 4.90 Å². The molecule has 0 aromatic rings. The van der Waals surface area contributed by atoms with E-state index in [2.05, 4.69) is 12.2 Å². The first-order valence-electron chi connectivity index (χ1n) is 7.76. The fraction of sp³-hybridized carbons (Fsp3) is 0.867. The minimum Gasteiger partial charge on any atom is -0.377 e. The van der Waals surface area contributed by atoms with Crippen molar-refractivity contribution in [1.82, 2.24) is 10.2 Å². The Morgan fingerprint density at radius 3 is 2.60 bits per heavy atom. The van der Waals surface area contributed by atoms with Gasteiger partial charge >= 0.3 is 0 Å². The standard InChI is InChI=1S/C15H24N2O3/c1-10-15(2,7-8-20-10)16-12-9-13(18)17(14(12)19)11-5-3-4-6-11/h10-12,16H,3-9H2,1-2H3. The normalized spacial score (nSPS) is 39.2. The quantitative estimate of drug-likeness (QED) is 0.790. The second-order valence-electron chi connectivity index (χ2n) is 6.62. The van der Waals surface area contributed by atoms with Crippen LogP contribution in [0.25, 0.3) is 0 Å². The Labute approximate surface area is 120 Å². The fourth-order valence-electron chi connectivity index (χ4n) is 3.73. The first-order chi connectivity index (χ1) is 9.51. The number of nitrogens with one attached hydrogen (secondary N) is 1. The summed E-state index contributed by atoms with van der Waals surface area (Å²) in [6.07, 6.45) is 5.46. The van der Waals surface area contributed by atoms with Gasteiger partial charge in [0.25, 0.3) is 0 Å². The van der Waals surface area contributed by atoms with E-state index in [1.54, 1.807) is 0 Å². The lowest BCUT2D eigenvalue weighted by molar-refractivity contribution is -0.141. The molecule has 0 spiro atoms. The van der Waals surface area contributed by atoms with Crippen LogP contribution in [0.15, 0.2) is 0 Å². The third-order valence-corrected chi connectivity index (χ3v) is 5.26. The number of carbonyl (C=O) groups excluding carboxylic acids is 2. The Balaban J connectivity index is 1.69. The summed E-state index contributed by atoms with van der Waals surface area (Å²) in [7, 11) is 0. The molecule has 1 N–H and O–H groups in total. The van der Waals surface area contributed by atoms with Gasteiger partial charge in [0.1, 0.15) is 0 Å². The van der Waals surface area contributed by atoms with E-state index in [4.69, 9.17) is 4.74 Å². The number of nitrogens with zero attached hydrogens (tertiary/aromatic N) is 1. The molecule has 0 radical (unpaired) electrons. The number of carbonyl (C=O) groups is 2. The van der Waals surface area contributed by atoms with Gasteiger partial charge in [-0.3, -0.25) is 19.8 Å². The Hall–Kier alpha value is -0.940. The molecule has 5 heteroatoms. The summed E-state index contributed by atoms with van der Waals surface area (Å²) in [6.45, 7) is 4.82. The highest BCUT2D eigenvalue weighted by atomic mass is 16.5. The van der Waals surface area contributed by atoms with E-state index >= 15 is 0 Å². The molecule has 0 aromatic carbocycles. The lowest BCUT2D eigenvalue weighted by Crippen LogP contribution is -2.55. The number of ether oxygens (including phenoxy) is 1. The summed E-state index contributed by atoms with van der Waals surface area (Å²) in [4.78, 5) is 26.3. The van der Waals surface area contributed by atoms with Gasteiger partial charge in [-0.2, -0.15) is 0 Å². The van der Waals surface area contributed by atoms with Crippen LogP contribution in [0.1, 0.15) is 52.4 Å². The summed E-state index contributed by atoms with van der Waals surface area (Å²) in [5, 5.41) is 3.40. The minimum atomic E-state index is -0.364. The van der Waals surface area contributed by atoms with Crippen molar-refractivity contribution in [2.24, 2.45) is 0 Å². The van der Waals surface area contributed by atoms with Gasteiger partial charge in [0.2, 0.25) is 11.8 Å². The van der Waals surface area contributed by atoms with Crippen molar-refractivity contribution < 1.29 is 14.3 Å². The zero-order valence-electron chi connectivity index (χ0n) is 12.4. The summed E-state index contributed by atoms with van der Waals surface area (Å²) >= 11 is 0. The minimum absolute atomic E-state index is 0.00503. The molecule has 2 saturated heterocycles. The highest BCUT2D eigenvalue weighted by Crippen LogP contribution is 2.31. The zero-order valence-corrected chi connectivity index (χ0v) is 12.4. The van der Waals surface area contributed by atoms with E-state index < -0.39 is 0 Å². The van der Waals surface area contributed by atoms with Crippen molar-refractivity contribution in [3.63, 3.8) is 0 Å². The number of rotatable bonds is 3. The molecule has 2 aliphatic heterocycles. The first-order valence-corrected chi connectivity index (χ1v) is 7.76. The monoisotopic (exact) mass is 280 g/mol. The van der Waals surface area contributed by atoms with Crippen LogP contribution >= 0.6 is 0 Å². The van der Waals surface area contributed by atoms with E-state index in [-0.39, 0.29) is 35.5 Å². The predicted octanol–water partition coefficient (Wildman–Crippen LogP) is 1.21. The van der Waals surface area contributed by atoms with Gasteiger partial charge in [-0.05, 0) is 33.1 Å². The van der Waals surface area contributed by atoms with Crippen LogP contribution in [0.5, 0.6) is 0 Å². The largest absolute Gasteiger partial charge is 0.377 e. The van der Waals surface area contributed by atoms with Crippen molar-refractivity contribution >= 4 is 11.8 Å². The molecule has 1 saturated carbocycles. The van der Waals surface area contributed by atoms with Crippen molar-refractivity contribution in [3.8, 4) is 0 Å². The van der Waals surface area contributed by atoms with Gasteiger partial charge in [0.05, 0.1) is 18.6 Å². The van der Waals surface area contributed by atoms with Gasteiger partial charge in [0.15, 0.2) is 0 Å². The van der Waals surface area contributed by atoms with Crippen molar-refractivity contribution in [3.05, 3.63) is 0 Å². The molecule has 2 amide bonds. The zero-order chi connectivity index (χ0) is 14.3. The number of likely N-dealkylation sites (tertiary alicyclic amines) is 1. The number of hydrogen-bond donors (Lipinski definition) is 1. The van der Waals surface area contributed by atoms with Gasteiger partial charge in [-0.15, -0.1) is 0 Å². The summed E-state index contributed by atoms with van der Waals surface area (Å²) in [5.41, 5.74) is -0.202. The summed E-state index contributed by atoms with van der Waals surface area (Å²) < 4.78 is 5.60. The second-order valence-corrected chi connectivity index (χ2v) is 6.62. The topological polar surface area (TPSA) is 58.6 Å². The highest BCUT2D eigenvalue weighted by Gasteiger charge is 2.47. The molecule has 0 bridgehead atoms. The van der Waals surface area contributed by atoms with Gasteiger partial charge in [-0.1, -0.05) is 12.8 Å². The molecular formula is C15H24N2O3. The average Bonchev–Trinajstić information content (AvgIpc) is 3.06.